The number of aliphatic carboxylic acids is 1. The van der Waals surface area contributed by atoms with Gasteiger partial charge in [0.1, 0.15) is 16.8 Å². The number of carboxylic acids is 1. The Morgan fingerprint density at radius 3 is 2.67 bits per heavy atom. The van der Waals surface area contributed by atoms with E-state index in [4.69, 9.17) is 0 Å². The third-order valence-corrected chi connectivity index (χ3v) is 7.96. The molecule has 7 nitrogen and oxygen atoms in total. The fourth-order valence-electron chi connectivity index (χ4n) is 5.73. The van der Waals surface area contributed by atoms with Crippen molar-refractivity contribution in [3.05, 3.63) is 70.2 Å². The SMILES string of the molecule is CN1CCc2c(cc(Nc3ncc(C(F)(F)F)c(N4CC(C)(C(=O)O)c5ccc(F)cc54)n3)cc2C2CC2)C1. The molecule has 39 heavy (non-hydrogen) atoms. The van der Waals surface area contributed by atoms with Gasteiger partial charge < -0.3 is 20.2 Å². The van der Waals surface area contributed by atoms with Crippen molar-refractivity contribution in [3.63, 3.8) is 0 Å². The first-order chi connectivity index (χ1) is 18.4. The van der Waals surface area contributed by atoms with Gasteiger partial charge in [-0.2, -0.15) is 18.2 Å². The van der Waals surface area contributed by atoms with Crippen LogP contribution in [-0.4, -0.2) is 46.1 Å². The number of rotatable bonds is 5. The number of aromatic nitrogens is 2. The van der Waals surface area contributed by atoms with Gasteiger partial charge in [0.25, 0.3) is 0 Å². The molecule has 11 heteroatoms. The lowest BCUT2D eigenvalue weighted by molar-refractivity contribution is -0.142. The van der Waals surface area contributed by atoms with Crippen LogP contribution in [0.4, 0.5) is 40.7 Å². The van der Waals surface area contributed by atoms with E-state index in [-0.39, 0.29) is 23.7 Å². The van der Waals surface area contributed by atoms with Crippen molar-refractivity contribution in [3.8, 4) is 0 Å². The van der Waals surface area contributed by atoms with Gasteiger partial charge in [-0.15, -0.1) is 0 Å². The predicted octanol–water partition coefficient (Wildman–Crippen LogP) is 5.74. The van der Waals surface area contributed by atoms with Crippen LogP contribution in [0.15, 0.2) is 36.5 Å². The highest BCUT2D eigenvalue weighted by Gasteiger charge is 2.48. The summed E-state index contributed by atoms with van der Waals surface area (Å²) in [5, 5.41) is 13.0. The third-order valence-electron chi connectivity index (χ3n) is 7.96. The smallest absolute Gasteiger partial charge is 0.421 e. The number of carbonyl (C=O) groups is 1. The zero-order valence-corrected chi connectivity index (χ0v) is 21.4. The third kappa shape index (κ3) is 4.48. The molecule has 0 saturated heterocycles. The standard InChI is InChI=1S/C28H27F4N5O2/c1-27(25(38)39)14-37(23-10-17(29)5-6-21(23)27)24-22(28(30,31)32)12-33-26(35-24)34-18-9-16-13-36(2)8-7-19(16)20(11-18)15-3-4-15/h5-6,9-12,15H,3-4,7-8,13-14H2,1-2H3,(H,38,39)(H,33,34,35). The van der Waals surface area contributed by atoms with Crippen LogP contribution in [0.5, 0.6) is 0 Å². The van der Waals surface area contributed by atoms with E-state index in [1.54, 1.807) is 0 Å². The van der Waals surface area contributed by atoms with Gasteiger partial charge in [-0.3, -0.25) is 4.79 Å². The Balaban J connectivity index is 1.43. The Morgan fingerprint density at radius 2 is 1.97 bits per heavy atom. The molecular weight excluding hydrogens is 514 g/mol. The van der Waals surface area contributed by atoms with Crippen LogP contribution in [0.1, 0.15) is 53.5 Å². The Hall–Kier alpha value is -3.73. The van der Waals surface area contributed by atoms with E-state index in [1.165, 1.54) is 29.7 Å². The number of hydrogen-bond donors (Lipinski definition) is 2. The van der Waals surface area contributed by atoms with Crippen LogP contribution in [0.2, 0.25) is 0 Å². The molecule has 2 N–H and O–H groups in total. The predicted molar refractivity (Wildman–Crippen MR) is 137 cm³/mol. The number of fused-ring (bicyclic) bond motifs is 2. The number of anilines is 4. The molecule has 2 aliphatic heterocycles. The second-order valence-corrected chi connectivity index (χ2v) is 10.9. The van der Waals surface area contributed by atoms with Crippen molar-refractivity contribution in [2.45, 2.75) is 50.2 Å². The molecule has 3 aliphatic rings. The number of nitrogens with one attached hydrogen (secondary N) is 1. The van der Waals surface area contributed by atoms with Crippen molar-refractivity contribution in [2.75, 3.05) is 30.4 Å². The molecule has 1 atom stereocenters. The number of nitrogens with zero attached hydrogens (tertiary/aromatic N) is 4. The first kappa shape index (κ1) is 25.5. The minimum Gasteiger partial charge on any atom is -0.481 e. The van der Waals surface area contributed by atoms with Gasteiger partial charge in [0.2, 0.25) is 5.95 Å². The van der Waals surface area contributed by atoms with Crippen LogP contribution in [0, 0.1) is 5.82 Å². The fraction of sp³-hybridized carbons (Fsp3) is 0.393. The molecule has 3 heterocycles. The summed E-state index contributed by atoms with van der Waals surface area (Å²) in [6, 6.07) is 7.47. The molecule has 0 bridgehead atoms. The zero-order chi connectivity index (χ0) is 27.7. The van der Waals surface area contributed by atoms with E-state index >= 15 is 0 Å². The second kappa shape index (κ2) is 8.90. The fourth-order valence-corrected chi connectivity index (χ4v) is 5.73. The number of benzene rings is 2. The van der Waals surface area contributed by atoms with Crippen molar-refractivity contribution in [1.29, 1.82) is 0 Å². The van der Waals surface area contributed by atoms with Crippen LogP contribution in [-0.2, 0) is 29.4 Å². The minimum absolute atomic E-state index is 0.0305. The Bertz CT molecular complexity index is 1490. The molecule has 3 aromatic rings. The van der Waals surface area contributed by atoms with Crippen LogP contribution in [0.3, 0.4) is 0 Å². The Kier molecular flexibility index (Phi) is 5.83. The average molecular weight is 542 g/mol. The van der Waals surface area contributed by atoms with Gasteiger partial charge >= 0.3 is 12.1 Å². The first-order valence-electron chi connectivity index (χ1n) is 12.8. The number of alkyl halides is 3. The highest BCUT2D eigenvalue weighted by atomic mass is 19.4. The van der Waals surface area contributed by atoms with Crippen LogP contribution >= 0.6 is 0 Å². The first-order valence-corrected chi connectivity index (χ1v) is 12.8. The highest BCUT2D eigenvalue weighted by Crippen LogP contribution is 2.48. The van der Waals surface area contributed by atoms with E-state index in [0.717, 1.165) is 49.4 Å². The summed E-state index contributed by atoms with van der Waals surface area (Å²) in [4.78, 5) is 23.7. The van der Waals surface area contributed by atoms with Gasteiger partial charge in [0, 0.05) is 37.2 Å². The van der Waals surface area contributed by atoms with Crippen LogP contribution in [0.25, 0.3) is 0 Å². The molecule has 1 unspecified atom stereocenters. The molecule has 1 saturated carbocycles. The molecule has 1 fully saturated rings. The molecule has 204 valence electrons. The van der Waals surface area contributed by atoms with Crippen LogP contribution < -0.4 is 10.2 Å². The van der Waals surface area contributed by atoms with Gasteiger partial charge in [-0.25, -0.2) is 9.37 Å². The van der Waals surface area contributed by atoms with Crippen molar-refractivity contribution >= 4 is 29.1 Å². The average Bonchev–Trinajstić information content (AvgIpc) is 3.66. The maximum atomic E-state index is 14.2. The second-order valence-electron chi connectivity index (χ2n) is 10.9. The summed E-state index contributed by atoms with van der Waals surface area (Å²) in [5.74, 6) is -2.04. The summed E-state index contributed by atoms with van der Waals surface area (Å²) in [6.07, 6.45) is -0.959. The van der Waals surface area contributed by atoms with Gasteiger partial charge in [-0.05, 0) is 85.7 Å². The van der Waals surface area contributed by atoms with Crippen molar-refractivity contribution in [1.82, 2.24) is 14.9 Å². The lowest BCUT2D eigenvalue weighted by atomic mass is 9.85. The lowest BCUT2D eigenvalue weighted by Crippen LogP contribution is -2.37. The maximum absolute atomic E-state index is 14.2. The van der Waals surface area contributed by atoms with E-state index < -0.39 is 34.8 Å². The largest absolute Gasteiger partial charge is 0.481 e. The molecule has 1 aromatic heterocycles. The molecule has 0 spiro atoms. The van der Waals surface area contributed by atoms with Gasteiger partial charge in [-0.1, -0.05) is 6.07 Å². The molecule has 2 aromatic carbocycles. The monoisotopic (exact) mass is 541 g/mol. The summed E-state index contributed by atoms with van der Waals surface area (Å²) in [5.41, 5.74) is 2.00. The summed E-state index contributed by atoms with van der Waals surface area (Å²) >= 11 is 0. The molecule has 6 rings (SSSR count). The van der Waals surface area contributed by atoms with E-state index in [1.807, 2.05) is 19.2 Å². The van der Waals surface area contributed by atoms with Gasteiger partial charge in [0.05, 0.1) is 0 Å². The highest BCUT2D eigenvalue weighted by molar-refractivity contribution is 5.89. The normalized spacial score (nSPS) is 21.0. The molecular formula is C28H27F4N5O2. The number of halogens is 4. The minimum atomic E-state index is -4.82. The molecule has 1 aliphatic carbocycles. The zero-order valence-electron chi connectivity index (χ0n) is 21.4. The number of carboxylic acid groups (broad SMARTS) is 1. The van der Waals surface area contributed by atoms with E-state index in [2.05, 4.69) is 20.2 Å². The number of hydrogen-bond acceptors (Lipinski definition) is 6. The molecule has 0 radical (unpaired) electrons. The Labute approximate surface area is 222 Å². The van der Waals surface area contributed by atoms with E-state index in [0.29, 0.717) is 17.8 Å². The Morgan fingerprint density at radius 1 is 1.21 bits per heavy atom. The quantitative estimate of drug-likeness (QED) is 0.399. The van der Waals surface area contributed by atoms with Crippen molar-refractivity contribution < 1.29 is 27.5 Å². The summed E-state index contributed by atoms with van der Waals surface area (Å²) < 4.78 is 56.6. The lowest BCUT2D eigenvalue weighted by Gasteiger charge is -2.28. The van der Waals surface area contributed by atoms with Crippen molar-refractivity contribution in [2.24, 2.45) is 0 Å². The maximum Gasteiger partial charge on any atom is 0.421 e. The molecule has 0 amide bonds. The van der Waals surface area contributed by atoms with Gasteiger partial charge in [0.15, 0.2) is 5.82 Å². The summed E-state index contributed by atoms with van der Waals surface area (Å²) in [6.45, 7) is 2.80. The van der Waals surface area contributed by atoms with E-state index in [9.17, 15) is 27.5 Å². The number of likely N-dealkylation sites (N-methyl/N-ethyl adjacent to an activating group) is 1. The topological polar surface area (TPSA) is 81.6 Å². The summed E-state index contributed by atoms with van der Waals surface area (Å²) in [7, 11) is 2.05.